The lowest BCUT2D eigenvalue weighted by Gasteiger charge is -2.16. The van der Waals surface area contributed by atoms with Crippen LogP contribution in [0.4, 0.5) is 0 Å². The fraction of sp³-hybridized carbons (Fsp3) is 0.923. The molecule has 0 aromatic heterocycles. The van der Waals surface area contributed by atoms with E-state index in [0.717, 1.165) is 0 Å². The fourth-order valence-corrected chi connectivity index (χ4v) is 2.04. The normalized spacial score (nSPS) is 32.0. The predicted molar refractivity (Wildman–Crippen MR) is 69.4 cm³/mol. The van der Waals surface area contributed by atoms with Gasteiger partial charge >= 0.3 is 0 Å². The lowest BCUT2D eigenvalue weighted by Crippen LogP contribution is -2.22. The van der Waals surface area contributed by atoms with Gasteiger partial charge in [-0.2, -0.15) is 0 Å². The molecule has 0 bridgehead atoms. The van der Waals surface area contributed by atoms with Crippen molar-refractivity contribution in [2.45, 2.75) is 51.5 Å². The van der Waals surface area contributed by atoms with Crippen LogP contribution in [0.1, 0.15) is 27.7 Å². The lowest BCUT2D eigenvalue weighted by molar-refractivity contribution is -0.137. The molecule has 0 saturated carbocycles. The first-order valence-corrected chi connectivity index (χ1v) is 6.58. The van der Waals surface area contributed by atoms with Crippen molar-refractivity contribution in [2.24, 2.45) is 9.98 Å². The lowest BCUT2D eigenvalue weighted by atomic mass is 10.4. The van der Waals surface area contributed by atoms with Crippen LogP contribution < -0.4 is 0 Å². The molecule has 0 aliphatic carbocycles. The number of ether oxygens (including phenoxy) is 4. The van der Waals surface area contributed by atoms with E-state index in [4.69, 9.17) is 18.9 Å². The Labute approximate surface area is 113 Å². The number of hydrogen-bond acceptors (Lipinski definition) is 6. The van der Waals surface area contributed by atoms with Gasteiger partial charge in [0, 0.05) is 0 Å². The third-order valence-electron chi connectivity index (χ3n) is 2.87. The highest BCUT2D eigenvalue weighted by atomic mass is 16.7. The molecular weight excluding hydrogens is 248 g/mol. The summed E-state index contributed by atoms with van der Waals surface area (Å²) in [6.07, 6.45) is -0.0228. The standard InChI is InChI=1S/C13H22N2O4/c1-12(2)16-7-10(18-12)5-14-9-15-6-11-8-17-13(3,4)19-11/h10-11H,5-8H2,1-4H3. The summed E-state index contributed by atoms with van der Waals surface area (Å²) < 4.78 is 22.1. The zero-order chi connectivity index (χ0) is 13.9. The van der Waals surface area contributed by atoms with Gasteiger partial charge in [-0.3, -0.25) is 0 Å². The first kappa shape index (κ1) is 14.6. The Morgan fingerprint density at radius 1 is 0.895 bits per heavy atom. The van der Waals surface area contributed by atoms with E-state index in [1.54, 1.807) is 0 Å². The molecule has 2 aliphatic heterocycles. The van der Waals surface area contributed by atoms with E-state index in [-0.39, 0.29) is 12.2 Å². The molecule has 2 fully saturated rings. The Balaban J connectivity index is 1.67. The quantitative estimate of drug-likeness (QED) is 0.726. The second-order valence-corrected chi connectivity index (χ2v) is 5.68. The molecule has 0 aromatic carbocycles. The van der Waals surface area contributed by atoms with Gasteiger partial charge in [0.05, 0.1) is 32.3 Å². The number of nitrogens with zero attached hydrogens (tertiary/aromatic N) is 2. The average molecular weight is 270 g/mol. The van der Waals surface area contributed by atoms with E-state index in [1.807, 2.05) is 27.7 Å². The minimum Gasteiger partial charge on any atom is -0.348 e. The van der Waals surface area contributed by atoms with Crippen molar-refractivity contribution in [3.63, 3.8) is 0 Å². The Kier molecular flexibility index (Phi) is 4.38. The molecular formula is C13H22N2O4. The van der Waals surface area contributed by atoms with Crippen molar-refractivity contribution in [2.75, 3.05) is 26.3 Å². The minimum atomic E-state index is -0.502. The van der Waals surface area contributed by atoms with Crippen molar-refractivity contribution in [3.05, 3.63) is 0 Å². The Morgan fingerprint density at radius 2 is 1.32 bits per heavy atom. The first-order chi connectivity index (χ1) is 8.86. The molecule has 2 saturated heterocycles. The maximum atomic E-state index is 5.61. The van der Waals surface area contributed by atoms with Gasteiger partial charge in [0.1, 0.15) is 12.2 Å². The second kappa shape index (κ2) is 5.69. The SMILES string of the molecule is CC1(C)OCC(CN=C=NCC2COC(C)(C)O2)O1. The molecule has 19 heavy (non-hydrogen) atoms. The van der Waals surface area contributed by atoms with Gasteiger partial charge in [0.25, 0.3) is 0 Å². The van der Waals surface area contributed by atoms with E-state index in [9.17, 15) is 0 Å². The van der Waals surface area contributed by atoms with Crippen LogP contribution in [0.3, 0.4) is 0 Å². The van der Waals surface area contributed by atoms with Gasteiger partial charge in [0.15, 0.2) is 11.6 Å². The summed E-state index contributed by atoms with van der Waals surface area (Å²) in [5.74, 6) is -1.00. The molecule has 2 rings (SSSR count). The Bertz CT molecular complexity index is 343. The summed E-state index contributed by atoms with van der Waals surface area (Å²) in [6, 6.07) is 2.67. The third-order valence-corrected chi connectivity index (χ3v) is 2.87. The van der Waals surface area contributed by atoms with Crippen molar-refractivity contribution < 1.29 is 18.9 Å². The summed E-state index contributed by atoms with van der Waals surface area (Å²) in [7, 11) is 0. The number of rotatable bonds is 4. The highest BCUT2D eigenvalue weighted by Gasteiger charge is 2.33. The summed E-state index contributed by atoms with van der Waals surface area (Å²) >= 11 is 0. The summed E-state index contributed by atoms with van der Waals surface area (Å²) in [5, 5.41) is 0. The summed E-state index contributed by atoms with van der Waals surface area (Å²) in [6.45, 7) is 9.72. The fourth-order valence-electron chi connectivity index (χ4n) is 2.04. The van der Waals surface area contributed by atoms with Gasteiger partial charge in [-0.25, -0.2) is 9.98 Å². The molecule has 6 nitrogen and oxygen atoms in total. The highest BCUT2D eigenvalue weighted by Crippen LogP contribution is 2.22. The van der Waals surface area contributed by atoms with Crippen LogP contribution in [0, 0.1) is 0 Å². The van der Waals surface area contributed by atoms with E-state index in [1.165, 1.54) is 0 Å². The van der Waals surface area contributed by atoms with E-state index < -0.39 is 11.6 Å². The number of hydrogen-bond donors (Lipinski definition) is 0. The largest absolute Gasteiger partial charge is 0.348 e. The van der Waals surface area contributed by atoms with Crippen LogP contribution in [-0.2, 0) is 18.9 Å². The molecule has 0 aromatic rings. The molecule has 108 valence electrons. The monoisotopic (exact) mass is 270 g/mol. The van der Waals surface area contributed by atoms with Gasteiger partial charge in [-0.1, -0.05) is 0 Å². The topological polar surface area (TPSA) is 61.6 Å². The molecule has 2 heterocycles. The smallest absolute Gasteiger partial charge is 0.163 e. The second-order valence-electron chi connectivity index (χ2n) is 5.68. The van der Waals surface area contributed by atoms with E-state index in [2.05, 4.69) is 16.0 Å². The zero-order valence-corrected chi connectivity index (χ0v) is 12.0. The molecule has 0 amide bonds. The molecule has 0 N–H and O–H groups in total. The maximum Gasteiger partial charge on any atom is 0.163 e. The van der Waals surface area contributed by atoms with Crippen molar-refractivity contribution in [1.82, 2.24) is 0 Å². The maximum absolute atomic E-state index is 5.61. The van der Waals surface area contributed by atoms with Crippen molar-refractivity contribution in [1.29, 1.82) is 0 Å². The Hall–Kier alpha value is -0.780. The van der Waals surface area contributed by atoms with E-state index in [0.29, 0.717) is 26.3 Å². The van der Waals surface area contributed by atoms with Crippen LogP contribution in [0.5, 0.6) is 0 Å². The van der Waals surface area contributed by atoms with E-state index >= 15 is 0 Å². The molecule has 2 aliphatic rings. The summed E-state index contributed by atoms with van der Waals surface area (Å²) in [4.78, 5) is 8.20. The first-order valence-electron chi connectivity index (χ1n) is 6.58. The van der Waals surface area contributed by atoms with Crippen molar-refractivity contribution >= 4 is 6.01 Å². The van der Waals surface area contributed by atoms with Crippen LogP contribution >= 0.6 is 0 Å². The van der Waals surface area contributed by atoms with Gasteiger partial charge in [-0.05, 0) is 27.7 Å². The van der Waals surface area contributed by atoms with Gasteiger partial charge < -0.3 is 18.9 Å². The highest BCUT2D eigenvalue weighted by molar-refractivity contribution is 5.41. The van der Waals surface area contributed by atoms with Crippen molar-refractivity contribution in [3.8, 4) is 0 Å². The van der Waals surface area contributed by atoms with Crippen LogP contribution in [0.15, 0.2) is 9.98 Å². The number of aliphatic imine (C=N–C) groups is 2. The zero-order valence-electron chi connectivity index (χ0n) is 12.0. The molecule has 6 heteroatoms. The Morgan fingerprint density at radius 3 is 1.63 bits per heavy atom. The van der Waals surface area contributed by atoms with Crippen LogP contribution in [0.2, 0.25) is 0 Å². The summed E-state index contributed by atoms with van der Waals surface area (Å²) in [5.41, 5.74) is 0. The average Bonchev–Trinajstić information content (AvgIpc) is 2.81. The minimum absolute atomic E-state index is 0.0114. The van der Waals surface area contributed by atoms with Gasteiger partial charge in [-0.15, -0.1) is 0 Å². The third kappa shape index (κ3) is 4.67. The predicted octanol–water partition coefficient (Wildman–Crippen LogP) is 1.46. The molecule has 0 spiro atoms. The van der Waals surface area contributed by atoms with Crippen LogP contribution in [0.25, 0.3) is 0 Å². The molecule has 0 radical (unpaired) electrons. The molecule has 2 unspecified atom stereocenters. The molecule has 2 atom stereocenters. The van der Waals surface area contributed by atoms with Crippen LogP contribution in [-0.4, -0.2) is 56.1 Å². The van der Waals surface area contributed by atoms with Gasteiger partial charge in [0.2, 0.25) is 0 Å².